The number of amides is 1. The molecule has 1 aliphatic heterocycles. The van der Waals surface area contributed by atoms with Gasteiger partial charge in [-0.3, -0.25) is 0 Å². The number of hydrogen-bond donors (Lipinski definition) is 0. The van der Waals surface area contributed by atoms with Gasteiger partial charge in [0.25, 0.3) is 0 Å². The van der Waals surface area contributed by atoms with Crippen molar-refractivity contribution in [3.05, 3.63) is 0 Å². The molecule has 0 radical (unpaired) electrons. The van der Waals surface area contributed by atoms with Gasteiger partial charge in [-0.05, 0) is 0 Å². The molecule has 0 aromatic rings. The molecule has 2 atom stereocenters. The van der Waals surface area contributed by atoms with Gasteiger partial charge in [0.15, 0.2) is 6.61 Å². The van der Waals surface area contributed by atoms with Gasteiger partial charge < -0.3 is 9.64 Å². The maximum absolute atomic E-state index is 11.8. The van der Waals surface area contributed by atoms with E-state index in [9.17, 15) is 18.0 Å². The molecule has 0 aromatic carbocycles. The second-order valence-electron chi connectivity index (χ2n) is 3.83. The molecular weight excluding hydrogens is 243 g/mol. The Balaban J connectivity index is 2.41. The molecule has 0 bridgehead atoms. The van der Waals surface area contributed by atoms with E-state index in [4.69, 9.17) is 0 Å². The predicted molar refractivity (Wildman–Crippen MR) is 55.5 cm³/mol. The number of ether oxygens (including phenoxy) is 1. The Bertz CT molecular complexity index is 250. The first-order chi connectivity index (χ1) is 7.28. The van der Waals surface area contributed by atoms with E-state index in [0.717, 1.165) is 0 Å². The summed E-state index contributed by atoms with van der Waals surface area (Å²) in [6, 6.07) is 0. The molecule has 2 unspecified atom stereocenters. The minimum Gasteiger partial charge on any atom is -0.440 e. The zero-order valence-corrected chi connectivity index (χ0v) is 9.90. The van der Waals surface area contributed by atoms with E-state index in [-0.39, 0.29) is 10.5 Å². The third kappa shape index (κ3) is 4.51. The second kappa shape index (κ2) is 5.16. The number of carbonyl (C=O) groups excluding carboxylic acids is 1. The van der Waals surface area contributed by atoms with Crippen LogP contribution in [0.25, 0.3) is 0 Å². The molecule has 1 saturated heterocycles. The van der Waals surface area contributed by atoms with Crippen LogP contribution in [0.1, 0.15) is 13.8 Å². The van der Waals surface area contributed by atoms with Gasteiger partial charge in [-0.1, -0.05) is 13.8 Å². The summed E-state index contributed by atoms with van der Waals surface area (Å²) in [6.07, 6.45) is -5.34. The molecule has 7 heteroatoms. The number of carbonyl (C=O) groups is 1. The van der Waals surface area contributed by atoms with Crippen molar-refractivity contribution in [3.63, 3.8) is 0 Å². The Labute approximate surface area is 96.3 Å². The molecule has 0 N–H and O–H groups in total. The van der Waals surface area contributed by atoms with Crippen LogP contribution in [0.4, 0.5) is 18.0 Å². The van der Waals surface area contributed by atoms with Crippen molar-refractivity contribution in [1.29, 1.82) is 0 Å². The maximum atomic E-state index is 11.8. The van der Waals surface area contributed by atoms with E-state index < -0.39 is 18.9 Å². The molecule has 94 valence electrons. The molecule has 1 aliphatic rings. The normalized spacial score (nSPS) is 26.7. The lowest BCUT2D eigenvalue weighted by atomic mass is 10.3. The van der Waals surface area contributed by atoms with Crippen LogP contribution in [-0.2, 0) is 4.74 Å². The van der Waals surface area contributed by atoms with Gasteiger partial charge in [0, 0.05) is 23.6 Å². The van der Waals surface area contributed by atoms with Crippen LogP contribution in [0, 0.1) is 0 Å². The first-order valence-electron chi connectivity index (χ1n) is 4.92. The monoisotopic (exact) mass is 257 g/mol. The number of alkyl halides is 3. The number of nitrogens with zero attached hydrogens (tertiary/aromatic N) is 1. The summed E-state index contributed by atoms with van der Waals surface area (Å²) in [4.78, 5) is 12.7. The number of rotatable bonds is 1. The molecule has 16 heavy (non-hydrogen) atoms. The smallest absolute Gasteiger partial charge is 0.422 e. The lowest BCUT2D eigenvalue weighted by Gasteiger charge is -2.33. The Morgan fingerprint density at radius 1 is 1.38 bits per heavy atom. The van der Waals surface area contributed by atoms with Gasteiger partial charge in [0.1, 0.15) is 0 Å². The average molecular weight is 257 g/mol. The van der Waals surface area contributed by atoms with Gasteiger partial charge in [-0.2, -0.15) is 24.9 Å². The molecule has 0 saturated carbocycles. The van der Waals surface area contributed by atoms with Crippen molar-refractivity contribution in [1.82, 2.24) is 4.90 Å². The lowest BCUT2D eigenvalue weighted by Crippen LogP contribution is -2.45. The molecule has 1 heterocycles. The van der Waals surface area contributed by atoms with Gasteiger partial charge in [0.2, 0.25) is 0 Å². The van der Waals surface area contributed by atoms with Crippen LogP contribution in [0.3, 0.4) is 0 Å². The fourth-order valence-electron chi connectivity index (χ4n) is 1.56. The topological polar surface area (TPSA) is 29.5 Å². The molecule has 1 rings (SSSR count). The number of halogens is 3. The van der Waals surface area contributed by atoms with Gasteiger partial charge in [-0.25, -0.2) is 4.79 Å². The molecule has 1 amide bonds. The van der Waals surface area contributed by atoms with Crippen molar-refractivity contribution in [3.8, 4) is 0 Å². The third-order valence-electron chi connectivity index (χ3n) is 2.04. The molecule has 0 aliphatic carbocycles. The van der Waals surface area contributed by atoms with E-state index >= 15 is 0 Å². The molecule has 0 spiro atoms. The first-order valence-corrected chi connectivity index (χ1v) is 5.86. The third-order valence-corrected chi connectivity index (χ3v) is 3.26. The molecule has 3 nitrogen and oxygen atoms in total. The second-order valence-corrected chi connectivity index (χ2v) is 5.71. The lowest BCUT2D eigenvalue weighted by molar-refractivity contribution is -0.162. The first kappa shape index (κ1) is 13.5. The van der Waals surface area contributed by atoms with Crippen LogP contribution in [0.15, 0.2) is 0 Å². The maximum Gasteiger partial charge on any atom is 0.422 e. The summed E-state index contributed by atoms with van der Waals surface area (Å²) in [5, 5.41) is 0.448. The van der Waals surface area contributed by atoms with Gasteiger partial charge in [-0.15, -0.1) is 0 Å². The van der Waals surface area contributed by atoms with Crippen molar-refractivity contribution in [2.45, 2.75) is 30.5 Å². The fraction of sp³-hybridized carbons (Fsp3) is 0.889. The van der Waals surface area contributed by atoms with Gasteiger partial charge >= 0.3 is 12.3 Å². The molecule has 1 fully saturated rings. The highest BCUT2D eigenvalue weighted by atomic mass is 32.2. The Morgan fingerprint density at radius 2 is 1.88 bits per heavy atom. The summed E-state index contributed by atoms with van der Waals surface area (Å²) in [6.45, 7) is 3.23. The zero-order valence-electron chi connectivity index (χ0n) is 9.08. The van der Waals surface area contributed by atoms with E-state index in [1.165, 1.54) is 4.90 Å². The summed E-state index contributed by atoms with van der Waals surface area (Å²) in [7, 11) is 0. The van der Waals surface area contributed by atoms with E-state index in [1.807, 2.05) is 13.8 Å². The Morgan fingerprint density at radius 3 is 2.31 bits per heavy atom. The summed E-state index contributed by atoms with van der Waals surface area (Å²) >= 11 is 1.71. The van der Waals surface area contributed by atoms with Gasteiger partial charge in [0.05, 0.1) is 0 Å². The van der Waals surface area contributed by atoms with Crippen LogP contribution >= 0.6 is 11.8 Å². The van der Waals surface area contributed by atoms with Crippen molar-refractivity contribution in [2.75, 3.05) is 19.7 Å². The van der Waals surface area contributed by atoms with E-state index in [1.54, 1.807) is 11.8 Å². The summed E-state index contributed by atoms with van der Waals surface area (Å²) in [5.74, 6) is 0. The van der Waals surface area contributed by atoms with Crippen LogP contribution < -0.4 is 0 Å². The quantitative estimate of drug-likeness (QED) is 0.723. The van der Waals surface area contributed by atoms with Crippen molar-refractivity contribution >= 4 is 17.9 Å². The van der Waals surface area contributed by atoms with Crippen LogP contribution in [0.5, 0.6) is 0 Å². The average Bonchev–Trinajstić information content (AvgIpc) is 2.11. The standard InChI is InChI=1S/C9H14F3NO2S/c1-6-3-13(4-7(2)16-6)8(14)15-5-9(10,11)12/h6-7H,3-5H2,1-2H3. The van der Waals surface area contributed by atoms with E-state index in [2.05, 4.69) is 4.74 Å². The highest BCUT2D eigenvalue weighted by molar-refractivity contribution is 8.00. The molecule has 0 aromatic heterocycles. The van der Waals surface area contributed by atoms with Crippen LogP contribution in [0.2, 0.25) is 0 Å². The summed E-state index contributed by atoms with van der Waals surface area (Å²) in [5.41, 5.74) is 0. The summed E-state index contributed by atoms with van der Waals surface area (Å²) < 4.78 is 39.7. The fourth-order valence-corrected chi connectivity index (χ4v) is 2.89. The number of hydrogen-bond acceptors (Lipinski definition) is 3. The minimum atomic E-state index is -4.46. The largest absolute Gasteiger partial charge is 0.440 e. The number of thioether (sulfide) groups is 1. The Hall–Kier alpha value is -0.590. The molecular formula is C9H14F3NO2S. The predicted octanol–water partition coefficient (Wildman–Crippen LogP) is 2.51. The Kier molecular flexibility index (Phi) is 4.35. The van der Waals surface area contributed by atoms with Crippen molar-refractivity contribution in [2.24, 2.45) is 0 Å². The van der Waals surface area contributed by atoms with Crippen molar-refractivity contribution < 1.29 is 22.7 Å². The highest BCUT2D eigenvalue weighted by Crippen LogP contribution is 2.25. The minimum absolute atomic E-state index is 0.224. The zero-order chi connectivity index (χ0) is 12.3. The van der Waals surface area contributed by atoms with E-state index in [0.29, 0.717) is 13.1 Å². The SMILES string of the molecule is CC1CN(C(=O)OCC(F)(F)F)CC(C)S1. The highest BCUT2D eigenvalue weighted by Gasteiger charge is 2.32. The van der Waals surface area contributed by atoms with Crippen LogP contribution in [-0.4, -0.2) is 47.4 Å².